The number of nitrogens with one attached hydrogen (secondary N) is 1. The van der Waals surface area contributed by atoms with E-state index in [0.29, 0.717) is 6.61 Å². The van der Waals surface area contributed by atoms with Crippen molar-refractivity contribution in [1.29, 1.82) is 0 Å². The van der Waals surface area contributed by atoms with Gasteiger partial charge in [0.25, 0.3) is 0 Å². The first-order valence-electron chi connectivity index (χ1n) is 6.27. The van der Waals surface area contributed by atoms with Gasteiger partial charge in [-0.1, -0.05) is 0 Å². The molecule has 2 atom stereocenters. The highest BCUT2D eigenvalue weighted by Gasteiger charge is 2.33. The molecule has 1 fully saturated rings. The Bertz CT molecular complexity index is 391. The van der Waals surface area contributed by atoms with Crippen LogP contribution in [0.4, 0.5) is 0 Å². The Labute approximate surface area is 109 Å². The molecule has 0 aromatic heterocycles. The van der Waals surface area contributed by atoms with Crippen LogP contribution in [0.1, 0.15) is 40.5 Å². The first kappa shape index (κ1) is 15.4. The SMILES string of the molecule is C[C@H](C(=O)NC(C)(C)C)S(=O)(=O)C[C@H]1CCCO1. The number of carbonyl (C=O) groups excluding carboxylic acids is 1. The Kier molecular flexibility index (Phi) is 4.78. The molecule has 1 aliphatic heterocycles. The summed E-state index contributed by atoms with van der Waals surface area (Å²) in [6, 6.07) is 0. The van der Waals surface area contributed by atoms with E-state index in [9.17, 15) is 13.2 Å². The zero-order chi connectivity index (χ0) is 14.0. The second-order valence-electron chi connectivity index (χ2n) is 5.85. The second-order valence-corrected chi connectivity index (χ2v) is 8.21. The molecule has 0 radical (unpaired) electrons. The van der Waals surface area contributed by atoms with Gasteiger partial charge >= 0.3 is 0 Å². The summed E-state index contributed by atoms with van der Waals surface area (Å²) >= 11 is 0. The Morgan fingerprint density at radius 3 is 2.50 bits per heavy atom. The van der Waals surface area contributed by atoms with Crippen molar-refractivity contribution in [3.05, 3.63) is 0 Å². The van der Waals surface area contributed by atoms with Gasteiger partial charge in [0.2, 0.25) is 5.91 Å². The van der Waals surface area contributed by atoms with Crippen molar-refractivity contribution < 1.29 is 17.9 Å². The molecule has 1 saturated heterocycles. The zero-order valence-electron chi connectivity index (χ0n) is 11.5. The Balaban J connectivity index is 2.63. The molecular formula is C12H23NO4S. The first-order chi connectivity index (χ1) is 8.12. The summed E-state index contributed by atoms with van der Waals surface area (Å²) in [6.45, 7) is 7.52. The van der Waals surface area contributed by atoms with Crippen molar-refractivity contribution in [2.75, 3.05) is 12.4 Å². The van der Waals surface area contributed by atoms with E-state index in [0.717, 1.165) is 12.8 Å². The van der Waals surface area contributed by atoms with Crippen LogP contribution in [0, 0.1) is 0 Å². The minimum atomic E-state index is -3.45. The Hall–Kier alpha value is -0.620. The van der Waals surface area contributed by atoms with Crippen molar-refractivity contribution in [3.8, 4) is 0 Å². The van der Waals surface area contributed by atoms with E-state index in [1.807, 2.05) is 20.8 Å². The number of rotatable bonds is 4. The van der Waals surface area contributed by atoms with E-state index in [-0.39, 0.29) is 11.9 Å². The third-order valence-corrected chi connectivity index (χ3v) is 4.98. The molecule has 1 heterocycles. The van der Waals surface area contributed by atoms with E-state index >= 15 is 0 Å². The van der Waals surface area contributed by atoms with Crippen LogP contribution < -0.4 is 5.32 Å². The molecule has 0 spiro atoms. The van der Waals surface area contributed by atoms with Crippen molar-refractivity contribution >= 4 is 15.7 Å². The van der Waals surface area contributed by atoms with Crippen LogP contribution in [0.5, 0.6) is 0 Å². The molecule has 1 N–H and O–H groups in total. The number of hydrogen-bond acceptors (Lipinski definition) is 4. The fourth-order valence-electron chi connectivity index (χ4n) is 1.81. The topological polar surface area (TPSA) is 72.5 Å². The van der Waals surface area contributed by atoms with Crippen LogP contribution in [-0.4, -0.2) is 43.6 Å². The summed E-state index contributed by atoms with van der Waals surface area (Å²) in [6.07, 6.45) is 1.40. The lowest BCUT2D eigenvalue weighted by Crippen LogP contribution is -2.48. The van der Waals surface area contributed by atoms with Crippen LogP contribution in [0.2, 0.25) is 0 Å². The Morgan fingerprint density at radius 2 is 2.06 bits per heavy atom. The minimum Gasteiger partial charge on any atom is -0.377 e. The molecular weight excluding hydrogens is 254 g/mol. The molecule has 1 amide bonds. The lowest BCUT2D eigenvalue weighted by Gasteiger charge is -2.23. The maximum Gasteiger partial charge on any atom is 0.238 e. The molecule has 0 aromatic rings. The summed E-state index contributed by atoms with van der Waals surface area (Å²) in [5.41, 5.74) is -0.426. The highest BCUT2D eigenvalue weighted by molar-refractivity contribution is 7.92. The fraction of sp³-hybridized carbons (Fsp3) is 0.917. The third-order valence-electron chi connectivity index (χ3n) is 2.85. The molecule has 0 unspecified atom stereocenters. The molecule has 0 saturated carbocycles. The monoisotopic (exact) mass is 277 g/mol. The predicted molar refractivity (Wildman–Crippen MR) is 70.1 cm³/mol. The molecule has 18 heavy (non-hydrogen) atoms. The van der Waals surface area contributed by atoms with Crippen molar-refractivity contribution in [1.82, 2.24) is 5.32 Å². The largest absolute Gasteiger partial charge is 0.377 e. The highest BCUT2D eigenvalue weighted by Crippen LogP contribution is 2.16. The molecule has 0 aromatic carbocycles. The molecule has 1 aliphatic rings. The molecule has 0 aliphatic carbocycles. The predicted octanol–water partition coefficient (Wildman–Crippen LogP) is 0.883. The van der Waals surface area contributed by atoms with E-state index in [4.69, 9.17) is 4.74 Å². The van der Waals surface area contributed by atoms with E-state index in [1.54, 1.807) is 0 Å². The second kappa shape index (κ2) is 5.57. The average Bonchev–Trinajstić information content (AvgIpc) is 2.65. The lowest BCUT2D eigenvalue weighted by molar-refractivity contribution is -0.121. The van der Waals surface area contributed by atoms with Crippen LogP contribution in [-0.2, 0) is 19.4 Å². The Morgan fingerprint density at radius 1 is 1.44 bits per heavy atom. The standard InChI is InChI=1S/C12H23NO4S/c1-9(11(14)13-12(2,3)4)18(15,16)8-10-6-5-7-17-10/h9-10H,5-8H2,1-4H3,(H,13,14)/t9-,10-/m1/s1. The maximum absolute atomic E-state index is 12.1. The molecule has 0 bridgehead atoms. The first-order valence-corrected chi connectivity index (χ1v) is 7.98. The van der Waals surface area contributed by atoms with Gasteiger partial charge in [-0.25, -0.2) is 8.42 Å². The van der Waals surface area contributed by atoms with Crippen LogP contribution in [0.25, 0.3) is 0 Å². The van der Waals surface area contributed by atoms with E-state index in [2.05, 4.69) is 5.32 Å². The normalized spacial score (nSPS) is 22.8. The van der Waals surface area contributed by atoms with Gasteiger partial charge in [-0.05, 0) is 40.5 Å². The third kappa shape index (κ3) is 4.57. The summed E-state index contributed by atoms with van der Waals surface area (Å²) in [4.78, 5) is 11.8. The zero-order valence-corrected chi connectivity index (χ0v) is 12.3. The molecule has 6 heteroatoms. The fourth-order valence-corrected chi connectivity index (χ4v) is 3.27. The van der Waals surface area contributed by atoms with Crippen LogP contribution in [0.15, 0.2) is 0 Å². The quantitative estimate of drug-likeness (QED) is 0.828. The van der Waals surface area contributed by atoms with Gasteiger partial charge in [-0.2, -0.15) is 0 Å². The highest BCUT2D eigenvalue weighted by atomic mass is 32.2. The van der Waals surface area contributed by atoms with Gasteiger partial charge in [-0.3, -0.25) is 4.79 Å². The van der Waals surface area contributed by atoms with Gasteiger partial charge in [0.05, 0.1) is 11.9 Å². The molecule has 5 nitrogen and oxygen atoms in total. The van der Waals surface area contributed by atoms with Crippen LogP contribution >= 0.6 is 0 Å². The van der Waals surface area contributed by atoms with E-state index in [1.165, 1.54) is 6.92 Å². The minimum absolute atomic E-state index is 0.0638. The van der Waals surface area contributed by atoms with Crippen LogP contribution in [0.3, 0.4) is 0 Å². The molecule has 1 rings (SSSR count). The van der Waals surface area contributed by atoms with Gasteiger partial charge < -0.3 is 10.1 Å². The number of hydrogen-bond donors (Lipinski definition) is 1. The van der Waals surface area contributed by atoms with Gasteiger partial charge in [0, 0.05) is 12.1 Å². The summed E-state index contributed by atoms with van der Waals surface area (Å²) in [7, 11) is -3.45. The van der Waals surface area contributed by atoms with Gasteiger partial charge in [0.15, 0.2) is 9.84 Å². The van der Waals surface area contributed by atoms with E-state index < -0.39 is 26.5 Å². The summed E-state index contributed by atoms with van der Waals surface area (Å²) in [5, 5.41) is 1.66. The van der Waals surface area contributed by atoms with Gasteiger partial charge in [-0.15, -0.1) is 0 Å². The summed E-state index contributed by atoms with van der Waals surface area (Å²) < 4.78 is 29.5. The smallest absolute Gasteiger partial charge is 0.238 e. The van der Waals surface area contributed by atoms with Gasteiger partial charge in [0.1, 0.15) is 5.25 Å². The number of carbonyl (C=O) groups is 1. The number of sulfone groups is 1. The number of ether oxygens (including phenoxy) is 1. The number of amides is 1. The van der Waals surface area contributed by atoms with Crippen molar-refractivity contribution in [3.63, 3.8) is 0 Å². The summed E-state index contributed by atoms with van der Waals surface area (Å²) in [5.74, 6) is -0.508. The lowest BCUT2D eigenvalue weighted by atomic mass is 10.1. The average molecular weight is 277 g/mol. The van der Waals surface area contributed by atoms with Crippen molar-refractivity contribution in [2.45, 2.75) is 57.4 Å². The molecule has 106 valence electrons. The van der Waals surface area contributed by atoms with Crippen molar-refractivity contribution in [2.24, 2.45) is 0 Å². The maximum atomic E-state index is 12.1.